The van der Waals surface area contributed by atoms with Gasteiger partial charge in [0.2, 0.25) is 59.1 Å². The number of aliphatic carboxylic acids is 1. The fraction of sp³-hybridized carbons (Fsp3) is 0.416. The number of nitrogens with one attached hydrogen (secondary N) is 10. The number of nitrogens with two attached hydrogens (primary N) is 2. The van der Waals surface area contributed by atoms with E-state index in [0.29, 0.717) is 47.2 Å². The number of aliphatic hydroxyl groups excluding tert-OH is 3. The van der Waals surface area contributed by atoms with Crippen LogP contribution in [0.1, 0.15) is 80.3 Å². The van der Waals surface area contributed by atoms with Crippen LogP contribution in [0.3, 0.4) is 0 Å². The number of carbonyl (C=O) groups excluding carboxylic acids is 10. The lowest BCUT2D eigenvalue weighted by Crippen LogP contribution is -2.63. The molecule has 6 aromatic rings. The van der Waals surface area contributed by atoms with Crippen molar-refractivity contribution >= 4 is 97.4 Å². The van der Waals surface area contributed by atoms with Gasteiger partial charge < -0.3 is 90.0 Å². The van der Waals surface area contributed by atoms with E-state index < -0.39 is 150 Å². The molecular weight excluding hydrogens is 1410 g/mol. The number of carbonyl (C=O) groups is 11. The third kappa shape index (κ3) is 26.6. The largest absolute Gasteiger partial charge is 0.480 e. The van der Waals surface area contributed by atoms with Crippen molar-refractivity contribution in [2.75, 3.05) is 31.7 Å². The maximum Gasteiger partial charge on any atom is 0.327 e. The SMILES string of the molecule is CC(C)NCc1ccc(CC2NC(=O)C(Cc3ccc4ccccc4c3)N(C)C(=O)C(Cc3ccccc3)NC(=O)C(Cc3ccccc3)NC(=O)C(CCCCN)NC(=O)C(N)CSSCC(C(=O)O)NC(=O)C(CO)NC(=O)C(C(C)O)NC(=O)C(Cc3ccccc3)NC(=O)C(C(C)O)NC2=O)cc1. The zero-order valence-corrected chi connectivity index (χ0v) is 62.1. The van der Waals surface area contributed by atoms with Gasteiger partial charge in [-0.05, 0) is 83.8 Å². The van der Waals surface area contributed by atoms with Gasteiger partial charge in [0.25, 0.3) is 0 Å². The van der Waals surface area contributed by atoms with Gasteiger partial charge in [-0.1, -0.05) is 193 Å². The maximum absolute atomic E-state index is 15.8. The average Bonchev–Trinajstić information content (AvgIpc) is 0.813. The average molecular weight is 1510 g/mol. The lowest BCUT2D eigenvalue weighted by atomic mass is 9.97. The zero-order chi connectivity index (χ0) is 77.7. The Balaban J connectivity index is 1.34. The van der Waals surface area contributed by atoms with E-state index in [4.69, 9.17) is 11.5 Å². The minimum atomic E-state index is -1.91. The minimum Gasteiger partial charge on any atom is -0.480 e. The summed E-state index contributed by atoms with van der Waals surface area (Å²) in [4.78, 5) is 162. The molecular formula is C77H99N13O15S2. The summed E-state index contributed by atoms with van der Waals surface area (Å²) < 4.78 is 0. The normalized spacial score (nSPS) is 23.6. The second-order valence-corrected chi connectivity index (χ2v) is 29.4. The Morgan fingerprint density at radius 2 is 0.879 bits per heavy atom. The summed E-state index contributed by atoms with van der Waals surface area (Å²) in [5.74, 6) is -11.8. The summed E-state index contributed by atoms with van der Waals surface area (Å²) in [5, 5.41) is 71.5. The van der Waals surface area contributed by atoms with Crippen LogP contribution < -0.4 is 64.6 Å². The number of unbranched alkanes of at least 4 members (excludes halogenated alkanes) is 1. The molecule has 1 aliphatic heterocycles. The fourth-order valence-corrected chi connectivity index (χ4v) is 14.0. The summed E-state index contributed by atoms with van der Waals surface area (Å²) in [6.07, 6.45) is -3.61. The molecule has 13 atom stereocenters. The first kappa shape index (κ1) is 84.5. The third-order valence-corrected chi connectivity index (χ3v) is 20.4. The number of carboxylic acids is 1. The van der Waals surface area contributed by atoms with Crippen LogP contribution in [0.25, 0.3) is 10.8 Å². The summed E-state index contributed by atoms with van der Waals surface area (Å²) in [6.45, 7) is 5.94. The molecule has 1 fully saturated rings. The van der Waals surface area contributed by atoms with Gasteiger partial charge in [0.05, 0.1) is 24.9 Å². The van der Waals surface area contributed by atoms with Gasteiger partial charge in [-0.2, -0.15) is 0 Å². The number of fused-ring (bicyclic) bond motifs is 1. The van der Waals surface area contributed by atoms with Crippen LogP contribution in [0, 0.1) is 0 Å². The van der Waals surface area contributed by atoms with Crippen molar-refractivity contribution in [2.45, 2.75) is 170 Å². The Hall–Kier alpha value is -9.79. The first-order valence-corrected chi connectivity index (χ1v) is 38.0. The van der Waals surface area contributed by atoms with Crippen LogP contribution in [0.2, 0.25) is 0 Å². The van der Waals surface area contributed by atoms with Gasteiger partial charge in [0, 0.05) is 63.2 Å². The first-order valence-electron chi connectivity index (χ1n) is 35.5. The number of aliphatic hydroxyl groups is 3. The molecule has 1 heterocycles. The fourth-order valence-electron chi connectivity index (χ4n) is 11.8. The maximum atomic E-state index is 15.8. The van der Waals surface area contributed by atoms with Gasteiger partial charge in [-0.3, -0.25) is 47.9 Å². The van der Waals surface area contributed by atoms with Crippen molar-refractivity contribution in [2.24, 2.45) is 11.5 Å². The molecule has 18 N–H and O–H groups in total. The van der Waals surface area contributed by atoms with Crippen LogP contribution in [0.5, 0.6) is 0 Å². The number of hydrogen-bond acceptors (Lipinski definition) is 19. The predicted octanol–water partition coefficient (Wildman–Crippen LogP) is 0.731. The molecule has 28 nitrogen and oxygen atoms in total. The molecule has 0 radical (unpaired) electrons. The lowest BCUT2D eigenvalue weighted by molar-refractivity contribution is -0.143. The Labute approximate surface area is 630 Å². The van der Waals surface area contributed by atoms with E-state index in [1.54, 1.807) is 109 Å². The molecule has 1 saturated heterocycles. The summed E-state index contributed by atoms with van der Waals surface area (Å²) >= 11 is 0. The quantitative estimate of drug-likeness (QED) is 0.0349. The van der Waals surface area contributed by atoms with E-state index in [0.717, 1.165) is 44.8 Å². The Morgan fingerprint density at radius 3 is 1.38 bits per heavy atom. The molecule has 0 aliphatic carbocycles. The van der Waals surface area contributed by atoms with Crippen molar-refractivity contribution in [1.29, 1.82) is 0 Å². The van der Waals surface area contributed by atoms with Crippen molar-refractivity contribution in [3.8, 4) is 0 Å². The summed E-state index contributed by atoms with van der Waals surface area (Å²) in [7, 11) is 3.23. The van der Waals surface area contributed by atoms with E-state index in [1.807, 2.05) is 62.4 Å². The molecule has 574 valence electrons. The summed E-state index contributed by atoms with van der Waals surface area (Å²) in [5.41, 5.74) is 15.9. The van der Waals surface area contributed by atoms with Gasteiger partial charge in [-0.15, -0.1) is 0 Å². The molecule has 13 unspecified atom stereocenters. The van der Waals surface area contributed by atoms with Crippen molar-refractivity contribution in [3.63, 3.8) is 0 Å². The van der Waals surface area contributed by atoms with E-state index >= 15 is 19.2 Å². The second kappa shape index (κ2) is 42.5. The number of amides is 10. The molecule has 6 aromatic carbocycles. The Morgan fingerprint density at radius 1 is 0.467 bits per heavy atom. The molecule has 0 aromatic heterocycles. The van der Waals surface area contributed by atoms with Crippen LogP contribution in [0.4, 0.5) is 0 Å². The Kier molecular flexibility index (Phi) is 33.6. The van der Waals surface area contributed by atoms with E-state index in [9.17, 15) is 54.0 Å². The number of nitrogens with zero attached hydrogens (tertiary/aromatic N) is 1. The third-order valence-electron chi connectivity index (χ3n) is 17.9. The highest BCUT2D eigenvalue weighted by Crippen LogP contribution is 2.24. The topological polar surface area (TPSA) is 444 Å². The molecule has 0 saturated carbocycles. The van der Waals surface area contributed by atoms with Gasteiger partial charge in [-0.25, -0.2) is 4.79 Å². The predicted molar refractivity (Wildman–Crippen MR) is 408 cm³/mol. The number of carboxylic acid groups (broad SMARTS) is 1. The second-order valence-electron chi connectivity index (χ2n) is 26.8. The lowest BCUT2D eigenvalue weighted by Gasteiger charge is -2.33. The number of likely N-dealkylation sites (N-methyl/N-ethyl adjacent to an activating group) is 1. The van der Waals surface area contributed by atoms with Crippen LogP contribution >= 0.6 is 21.6 Å². The highest BCUT2D eigenvalue weighted by atomic mass is 33.1. The van der Waals surface area contributed by atoms with Gasteiger partial charge >= 0.3 is 5.97 Å². The van der Waals surface area contributed by atoms with Gasteiger partial charge in [0.15, 0.2) is 0 Å². The highest BCUT2D eigenvalue weighted by Gasteiger charge is 2.40. The number of benzene rings is 6. The van der Waals surface area contributed by atoms with Crippen molar-refractivity contribution in [3.05, 3.63) is 191 Å². The molecule has 0 bridgehead atoms. The molecule has 10 amide bonds. The van der Waals surface area contributed by atoms with Crippen molar-refractivity contribution < 1.29 is 73.2 Å². The molecule has 107 heavy (non-hydrogen) atoms. The molecule has 30 heteroatoms. The van der Waals surface area contributed by atoms with Crippen molar-refractivity contribution in [1.82, 2.24) is 58.1 Å². The van der Waals surface area contributed by atoms with E-state index in [2.05, 4.69) is 53.2 Å². The smallest absolute Gasteiger partial charge is 0.327 e. The van der Waals surface area contributed by atoms with E-state index in [1.165, 1.54) is 18.9 Å². The number of rotatable bonds is 21. The summed E-state index contributed by atoms with van der Waals surface area (Å²) in [6, 6.07) is 28.5. The molecule has 7 rings (SSSR count). The molecule has 0 spiro atoms. The monoisotopic (exact) mass is 1510 g/mol. The van der Waals surface area contributed by atoms with Gasteiger partial charge in [0.1, 0.15) is 60.4 Å². The van der Waals surface area contributed by atoms with Crippen LogP contribution in [-0.4, -0.2) is 207 Å². The molecule has 1 aliphatic rings. The standard InChI is InChI=1S/C77H99N13O15S2/c1-45(2)80-41-52-30-28-51(29-31-52)38-59-70(97)88-65(46(3)92)74(101)84-60(37-49-21-11-7-12-22-49)71(98)89-66(47(4)93)75(102)86-62(42-91)72(99)87-63(77(104)105)44-107-106-43-56(79)67(94)81-57(27-17-18-34-78)68(95)82-58(36-48-19-9-6-10-20-48)69(96)85-61(39-50-23-13-8-14-24-50)76(103)90(5)64(73(100)83-59)40-53-32-33-54-25-15-16-26-55(54)35-53/h6-16,19-26,28-33,35,45-47,56-66,80,91-93H,17-18,27,34,36-44,78-79H2,1-5H3,(H,81,94)(H,82,95)(H,83,100)(H,84,101)(H,85,96)(H,86,102)(H,87,99)(H,88,97)(H,89,98)(H,104,105). The van der Waals surface area contributed by atoms with Crippen LogP contribution in [-0.2, 0) is 91.4 Å². The minimum absolute atomic E-state index is 0.0316. The first-order chi connectivity index (χ1) is 51.2. The van der Waals surface area contributed by atoms with E-state index in [-0.39, 0.29) is 62.6 Å². The highest BCUT2D eigenvalue weighted by molar-refractivity contribution is 8.76. The number of hydrogen-bond donors (Lipinski definition) is 16. The zero-order valence-electron chi connectivity index (χ0n) is 60.5. The van der Waals surface area contributed by atoms with Crippen LogP contribution in [0.15, 0.2) is 158 Å². The Bertz CT molecular complexity index is 3960.